The first-order chi connectivity index (χ1) is 14.1. The van der Waals surface area contributed by atoms with Crippen LogP contribution in [0.25, 0.3) is 0 Å². The molecule has 0 saturated carbocycles. The van der Waals surface area contributed by atoms with Crippen molar-refractivity contribution in [2.75, 3.05) is 0 Å². The van der Waals surface area contributed by atoms with E-state index in [9.17, 15) is 14.7 Å². The Kier molecular flexibility index (Phi) is 13.9. The molecule has 0 spiro atoms. The maximum absolute atomic E-state index is 11.3. The zero-order valence-electron chi connectivity index (χ0n) is 18.3. The number of unbranched alkanes of at least 4 members (excludes halogenated alkanes) is 14. The third-order valence-corrected chi connectivity index (χ3v) is 5.63. The molecule has 0 radical (unpaired) electrons. The number of carboxylic acids is 2. The lowest BCUT2D eigenvalue weighted by atomic mass is 9.98. The summed E-state index contributed by atoms with van der Waals surface area (Å²) in [5.41, 5.74) is 1.01. The Bertz CT molecular complexity index is 594. The van der Waals surface area contributed by atoms with Crippen molar-refractivity contribution >= 4 is 11.9 Å². The van der Waals surface area contributed by atoms with Crippen molar-refractivity contribution in [1.29, 1.82) is 0 Å². The molecule has 0 aromatic heterocycles. The molecule has 0 aliphatic heterocycles. The van der Waals surface area contributed by atoms with Crippen molar-refractivity contribution in [3.8, 4) is 0 Å². The highest BCUT2D eigenvalue weighted by atomic mass is 16.4. The Hall–Kier alpha value is -1.84. The summed E-state index contributed by atoms with van der Waals surface area (Å²) in [6.07, 6.45) is 20.0. The largest absolute Gasteiger partial charge is 0.478 e. The van der Waals surface area contributed by atoms with Gasteiger partial charge in [0.25, 0.3) is 0 Å². The predicted octanol–water partition coefficient (Wildman–Crippen LogP) is 7.50. The minimum atomic E-state index is -1.01. The summed E-state index contributed by atoms with van der Waals surface area (Å²) in [5, 5.41) is 18.4. The summed E-state index contributed by atoms with van der Waals surface area (Å²) in [6, 6.07) is 4.28. The topological polar surface area (TPSA) is 74.6 Å². The lowest BCUT2D eigenvalue weighted by Crippen LogP contribution is -2.06. The molecular weight excluding hydrogens is 364 g/mol. The molecule has 29 heavy (non-hydrogen) atoms. The minimum absolute atomic E-state index is 0.158. The van der Waals surface area contributed by atoms with Gasteiger partial charge in [-0.25, -0.2) is 9.59 Å². The van der Waals surface area contributed by atoms with E-state index in [0.717, 1.165) is 12.8 Å². The highest BCUT2D eigenvalue weighted by molar-refractivity contribution is 5.93. The van der Waals surface area contributed by atoms with Crippen LogP contribution in [-0.4, -0.2) is 22.2 Å². The van der Waals surface area contributed by atoms with Gasteiger partial charge in [-0.05, 0) is 36.6 Å². The van der Waals surface area contributed by atoms with E-state index < -0.39 is 11.9 Å². The van der Waals surface area contributed by atoms with E-state index in [2.05, 4.69) is 6.92 Å². The third kappa shape index (κ3) is 11.7. The fraction of sp³-hybridized carbons (Fsp3) is 0.680. The van der Waals surface area contributed by atoms with Crippen LogP contribution in [0, 0.1) is 0 Å². The van der Waals surface area contributed by atoms with Crippen molar-refractivity contribution in [2.24, 2.45) is 0 Å². The Morgan fingerprint density at radius 2 is 1.10 bits per heavy atom. The quantitative estimate of drug-likeness (QED) is 0.248. The molecule has 0 atom stereocenters. The number of carboxylic acid groups (broad SMARTS) is 2. The van der Waals surface area contributed by atoms with E-state index in [1.165, 1.54) is 102 Å². The number of hydrogen-bond donors (Lipinski definition) is 2. The van der Waals surface area contributed by atoms with Crippen molar-refractivity contribution < 1.29 is 19.8 Å². The second-order valence-electron chi connectivity index (χ2n) is 8.18. The van der Waals surface area contributed by atoms with E-state index in [1.807, 2.05) is 0 Å². The first kappa shape index (κ1) is 25.2. The maximum atomic E-state index is 11.3. The van der Waals surface area contributed by atoms with Gasteiger partial charge in [-0.15, -0.1) is 0 Å². The molecule has 1 rings (SSSR count). The molecule has 0 unspecified atom stereocenters. The summed E-state index contributed by atoms with van der Waals surface area (Å²) in [5.74, 6) is -2.00. The van der Waals surface area contributed by atoms with Gasteiger partial charge in [0.2, 0.25) is 0 Å². The molecule has 0 heterocycles. The van der Waals surface area contributed by atoms with Crippen LogP contribution in [0.3, 0.4) is 0 Å². The molecule has 1 aromatic carbocycles. The van der Waals surface area contributed by atoms with Crippen molar-refractivity contribution in [1.82, 2.24) is 0 Å². The van der Waals surface area contributed by atoms with E-state index in [1.54, 1.807) is 0 Å². The highest BCUT2D eigenvalue weighted by Gasteiger charge is 2.13. The molecule has 1 aromatic rings. The molecule has 2 N–H and O–H groups in total. The highest BCUT2D eigenvalue weighted by Crippen LogP contribution is 2.18. The van der Waals surface area contributed by atoms with Gasteiger partial charge in [-0.1, -0.05) is 96.8 Å². The standard InChI is InChI=1S/C25H40O4/c1-2-3-4-5-6-7-8-9-10-11-12-13-14-15-16-17-21-20-22(24(26)27)18-19-23(21)25(28)29/h18-20H,2-17H2,1H3,(H,26,27)(H,28,29). The predicted molar refractivity (Wildman–Crippen MR) is 119 cm³/mol. The molecule has 0 saturated heterocycles. The summed E-state index contributed by atoms with van der Waals surface area (Å²) in [6.45, 7) is 2.26. The molecular formula is C25H40O4. The lowest BCUT2D eigenvalue weighted by molar-refractivity contribution is 0.0680. The van der Waals surface area contributed by atoms with Crippen LogP contribution in [0.2, 0.25) is 0 Å². The van der Waals surface area contributed by atoms with E-state index >= 15 is 0 Å². The fourth-order valence-corrected chi connectivity index (χ4v) is 3.83. The summed E-state index contributed by atoms with van der Waals surface area (Å²) in [4.78, 5) is 22.4. The van der Waals surface area contributed by atoms with Gasteiger partial charge in [0.1, 0.15) is 0 Å². The minimum Gasteiger partial charge on any atom is -0.478 e. The van der Waals surface area contributed by atoms with Crippen LogP contribution in [0.1, 0.15) is 130 Å². The zero-order valence-corrected chi connectivity index (χ0v) is 18.3. The third-order valence-electron chi connectivity index (χ3n) is 5.63. The van der Waals surface area contributed by atoms with Crippen LogP contribution < -0.4 is 0 Å². The summed E-state index contributed by atoms with van der Waals surface area (Å²) >= 11 is 0. The van der Waals surface area contributed by atoms with Gasteiger partial charge in [0.05, 0.1) is 11.1 Å². The Morgan fingerprint density at radius 1 is 0.655 bits per heavy atom. The maximum Gasteiger partial charge on any atom is 0.335 e. The molecule has 0 aliphatic rings. The molecule has 4 nitrogen and oxygen atoms in total. The van der Waals surface area contributed by atoms with Crippen LogP contribution >= 0.6 is 0 Å². The number of rotatable bonds is 18. The Morgan fingerprint density at radius 3 is 1.52 bits per heavy atom. The van der Waals surface area contributed by atoms with Gasteiger partial charge >= 0.3 is 11.9 Å². The van der Waals surface area contributed by atoms with Crippen LogP contribution in [0.15, 0.2) is 18.2 Å². The first-order valence-corrected chi connectivity index (χ1v) is 11.7. The molecule has 4 heteroatoms. The van der Waals surface area contributed by atoms with Gasteiger partial charge in [0.15, 0.2) is 0 Å². The van der Waals surface area contributed by atoms with Crippen molar-refractivity contribution in [3.05, 3.63) is 34.9 Å². The van der Waals surface area contributed by atoms with Crippen LogP contribution in [-0.2, 0) is 6.42 Å². The van der Waals surface area contributed by atoms with Crippen LogP contribution in [0.4, 0.5) is 0 Å². The van der Waals surface area contributed by atoms with Gasteiger partial charge in [-0.2, -0.15) is 0 Å². The SMILES string of the molecule is CCCCCCCCCCCCCCCCCc1cc(C(=O)O)ccc1C(=O)O. The number of aryl methyl sites for hydroxylation is 1. The normalized spacial score (nSPS) is 10.9. The number of carbonyl (C=O) groups is 2. The Labute approximate surface area is 176 Å². The number of benzene rings is 1. The molecule has 0 amide bonds. The second-order valence-corrected chi connectivity index (χ2v) is 8.18. The van der Waals surface area contributed by atoms with E-state index in [4.69, 9.17) is 5.11 Å². The molecule has 164 valence electrons. The fourth-order valence-electron chi connectivity index (χ4n) is 3.83. The molecule has 0 bridgehead atoms. The number of aromatic carboxylic acids is 2. The monoisotopic (exact) mass is 404 g/mol. The average Bonchev–Trinajstić information content (AvgIpc) is 2.70. The van der Waals surface area contributed by atoms with Crippen molar-refractivity contribution in [2.45, 2.75) is 110 Å². The molecule has 0 aliphatic carbocycles. The number of hydrogen-bond acceptors (Lipinski definition) is 2. The first-order valence-electron chi connectivity index (χ1n) is 11.7. The summed E-state index contributed by atoms with van der Waals surface area (Å²) in [7, 11) is 0. The van der Waals surface area contributed by atoms with Gasteiger partial charge < -0.3 is 10.2 Å². The second kappa shape index (κ2) is 16.0. The average molecular weight is 405 g/mol. The van der Waals surface area contributed by atoms with Gasteiger partial charge in [0, 0.05) is 0 Å². The zero-order chi connectivity index (χ0) is 21.3. The summed E-state index contributed by atoms with van der Waals surface area (Å²) < 4.78 is 0. The smallest absolute Gasteiger partial charge is 0.335 e. The molecule has 0 fully saturated rings. The van der Waals surface area contributed by atoms with Crippen molar-refractivity contribution in [3.63, 3.8) is 0 Å². The Balaban J connectivity index is 2.05. The van der Waals surface area contributed by atoms with Crippen LogP contribution in [0.5, 0.6) is 0 Å². The van der Waals surface area contributed by atoms with Gasteiger partial charge in [-0.3, -0.25) is 0 Å². The lowest BCUT2D eigenvalue weighted by Gasteiger charge is -2.08. The van der Waals surface area contributed by atoms with E-state index in [-0.39, 0.29) is 11.1 Å². The van der Waals surface area contributed by atoms with E-state index in [0.29, 0.717) is 12.0 Å².